The molecule has 0 bridgehead atoms. The largest absolute Gasteiger partial charge is 0.366 e. The van der Waals surface area contributed by atoms with Crippen molar-refractivity contribution in [2.45, 2.75) is 19.1 Å². The molecule has 8 nitrogen and oxygen atoms in total. The van der Waals surface area contributed by atoms with Crippen LogP contribution in [0, 0.1) is 5.82 Å². The molecule has 0 unspecified atom stereocenters. The average molecular weight is 322 g/mol. The molecule has 0 radical (unpaired) electrons. The summed E-state index contributed by atoms with van der Waals surface area (Å²) in [5.41, 5.74) is 3.81. The average Bonchev–Trinajstić information content (AvgIpc) is 3.06. The highest BCUT2D eigenvalue weighted by molar-refractivity contribution is 5.92. The smallest absolute Gasteiger partial charge is 0.330 e. The van der Waals surface area contributed by atoms with E-state index in [1.54, 1.807) is 12.1 Å². The van der Waals surface area contributed by atoms with E-state index in [0.717, 1.165) is 17.2 Å². The van der Waals surface area contributed by atoms with Crippen molar-refractivity contribution in [2.24, 2.45) is 5.73 Å². The minimum Gasteiger partial charge on any atom is -0.366 e. The number of hydrogen-bond donors (Lipinski definition) is 2. The Bertz CT molecular complexity index is 781. The number of H-pyrrole nitrogens is 1. The van der Waals surface area contributed by atoms with Crippen molar-refractivity contribution in [1.82, 2.24) is 14.5 Å². The van der Waals surface area contributed by atoms with E-state index in [2.05, 4.69) is 4.98 Å². The number of amides is 1. The van der Waals surface area contributed by atoms with Crippen LogP contribution in [0.4, 0.5) is 4.39 Å². The van der Waals surface area contributed by atoms with Gasteiger partial charge in [-0.2, -0.15) is 4.39 Å². The minimum atomic E-state index is -0.996. The van der Waals surface area contributed by atoms with Crippen molar-refractivity contribution in [3.8, 4) is 0 Å². The molecule has 2 aromatic rings. The van der Waals surface area contributed by atoms with Gasteiger partial charge in [0.15, 0.2) is 0 Å². The van der Waals surface area contributed by atoms with Gasteiger partial charge in [-0.15, -0.1) is 0 Å². The highest BCUT2D eigenvalue weighted by Gasteiger charge is 2.19. The maximum absolute atomic E-state index is 12.9. The molecule has 3 heterocycles. The van der Waals surface area contributed by atoms with Crippen molar-refractivity contribution in [3.63, 3.8) is 0 Å². The summed E-state index contributed by atoms with van der Waals surface area (Å²) in [6.45, 7) is 0.553. The molecule has 1 aliphatic heterocycles. The molecule has 23 heavy (non-hydrogen) atoms. The van der Waals surface area contributed by atoms with Crippen LogP contribution < -0.4 is 17.0 Å². The lowest BCUT2D eigenvalue weighted by Gasteiger charge is -2.11. The number of ether oxygens (including phenoxy) is 1. The zero-order valence-electron chi connectivity index (χ0n) is 12.1. The SMILES string of the molecule is NC(=O)c1ccncc1.O=c1[nH]c(=O)n([C@@H]2CCCO2)cc1F. The number of carbonyl (C=O) groups is 1. The quantitative estimate of drug-likeness (QED) is 0.816. The third-order valence-electron chi connectivity index (χ3n) is 3.11. The summed E-state index contributed by atoms with van der Waals surface area (Å²) >= 11 is 0. The Kier molecular flexibility index (Phi) is 5.36. The molecular weight excluding hydrogens is 307 g/mol. The molecule has 2 aromatic heterocycles. The first-order valence-electron chi connectivity index (χ1n) is 6.81. The monoisotopic (exact) mass is 322 g/mol. The fourth-order valence-electron chi connectivity index (χ4n) is 1.97. The number of pyridine rings is 1. The highest BCUT2D eigenvalue weighted by atomic mass is 19.1. The molecule has 0 aliphatic carbocycles. The van der Waals surface area contributed by atoms with Gasteiger partial charge in [-0.05, 0) is 25.0 Å². The molecule has 0 spiro atoms. The van der Waals surface area contributed by atoms with E-state index in [9.17, 15) is 18.8 Å². The predicted molar refractivity (Wildman–Crippen MR) is 78.3 cm³/mol. The molecule has 1 amide bonds. The van der Waals surface area contributed by atoms with Crippen LogP contribution in [-0.4, -0.2) is 27.0 Å². The Morgan fingerprint density at radius 2 is 2.09 bits per heavy atom. The molecule has 1 saturated heterocycles. The highest BCUT2D eigenvalue weighted by Crippen LogP contribution is 2.20. The Morgan fingerprint density at radius 1 is 1.39 bits per heavy atom. The number of carbonyl (C=O) groups excluding carboxylic acids is 1. The summed E-state index contributed by atoms with van der Waals surface area (Å²) in [6.07, 6.45) is 4.98. The van der Waals surface area contributed by atoms with E-state index in [0.29, 0.717) is 18.6 Å². The van der Waals surface area contributed by atoms with E-state index in [-0.39, 0.29) is 0 Å². The summed E-state index contributed by atoms with van der Waals surface area (Å²) in [6, 6.07) is 3.14. The lowest BCUT2D eigenvalue weighted by molar-refractivity contribution is 0.0517. The number of nitrogens with two attached hydrogens (primary N) is 1. The predicted octanol–water partition coefficient (Wildman–Crippen LogP) is 0.165. The fraction of sp³-hybridized carbons (Fsp3) is 0.286. The zero-order valence-corrected chi connectivity index (χ0v) is 12.1. The number of aromatic amines is 1. The van der Waals surface area contributed by atoms with Crippen LogP contribution >= 0.6 is 0 Å². The second-order valence-electron chi connectivity index (χ2n) is 4.71. The third kappa shape index (κ3) is 4.33. The van der Waals surface area contributed by atoms with E-state index in [1.165, 1.54) is 12.4 Å². The van der Waals surface area contributed by atoms with Crippen molar-refractivity contribution in [3.05, 3.63) is 62.9 Å². The van der Waals surface area contributed by atoms with E-state index < -0.39 is 29.2 Å². The molecule has 9 heteroatoms. The van der Waals surface area contributed by atoms with Gasteiger partial charge in [-0.25, -0.2) is 4.79 Å². The molecule has 3 rings (SSSR count). The van der Waals surface area contributed by atoms with Gasteiger partial charge in [0, 0.05) is 24.6 Å². The van der Waals surface area contributed by atoms with Crippen LogP contribution in [0.2, 0.25) is 0 Å². The topological polar surface area (TPSA) is 120 Å². The van der Waals surface area contributed by atoms with Crippen molar-refractivity contribution in [2.75, 3.05) is 6.61 Å². The van der Waals surface area contributed by atoms with Crippen LogP contribution in [0.1, 0.15) is 29.4 Å². The second-order valence-corrected chi connectivity index (χ2v) is 4.71. The van der Waals surface area contributed by atoms with Crippen molar-refractivity contribution in [1.29, 1.82) is 0 Å². The Labute approximate surface area is 129 Å². The number of aromatic nitrogens is 3. The van der Waals surface area contributed by atoms with E-state index >= 15 is 0 Å². The van der Waals surface area contributed by atoms with Crippen molar-refractivity contribution >= 4 is 5.91 Å². The summed E-state index contributed by atoms with van der Waals surface area (Å²) < 4.78 is 19.1. The molecule has 122 valence electrons. The molecule has 3 N–H and O–H groups in total. The van der Waals surface area contributed by atoms with Crippen LogP contribution in [0.3, 0.4) is 0 Å². The van der Waals surface area contributed by atoms with Crippen LogP contribution in [-0.2, 0) is 4.74 Å². The van der Waals surface area contributed by atoms with Gasteiger partial charge in [0.2, 0.25) is 11.7 Å². The summed E-state index contributed by atoms with van der Waals surface area (Å²) in [5.74, 6) is -1.39. The van der Waals surface area contributed by atoms with Gasteiger partial charge in [-0.3, -0.25) is 24.1 Å². The Morgan fingerprint density at radius 3 is 2.61 bits per heavy atom. The molecule has 1 fully saturated rings. The third-order valence-corrected chi connectivity index (χ3v) is 3.11. The maximum Gasteiger partial charge on any atom is 0.330 e. The van der Waals surface area contributed by atoms with Crippen LogP contribution in [0.5, 0.6) is 0 Å². The summed E-state index contributed by atoms with van der Waals surface area (Å²) in [4.78, 5) is 38.0. The maximum atomic E-state index is 12.9. The summed E-state index contributed by atoms with van der Waals surface area (Å²) in [7, 11) is 0. The van der Waals surface area contributed by atoms with Crippen molar-refractivity contribution < 1.29 is 13.9 Å². The number of nitrogens with zero attached hydrogens (tertiary/aromatic N) is 2. The molecular formula is C14H15FN4O4. The fourth-order valence-corrected chi connectivity index (χ4v) is 1.97. The van der Waals surface area contributed by atoms with Gasteiger partial charge in [0.05, 0.1) is 6.20 Å². The Balaban J connectivity index is 0.000000185. The number of rotatable bonds is 2. The number of primary amides is 1. The number of nitrogens with one attached hydrogen (secondary N) is 1. The molecule has 0 aromatic carbocycles. The lowest BCUT2D eigenvalue weighted by Crippen LogP contribution is -2.33. The lowest BCUT2D eigenvalue weighted by atomic mass is 10.3. The first-order chi connectivity index (χ1) is 11.0. The minimum absolute atomic E-state index is 0.419. The normalized spacial score (nSPS) is 16.5. The van der Waals surface area contributed by atoms with E-state index in [4.69, 9.17) is 10.5 Å². The van der Waals surface area contributed by atoms with E-state index in [1.807, 2.05) is 4.98 Å². The molecule has 1 atom stereocenters. The summed E-state index contributed by atoms with van der Waals surface area (Å²) in [5, 5.41) is 0. The van der Waals surface area contributed by atoms with Gasteiger partial charge >= 0.3 is 5.69 Å². The van der Waals surface area contributed by atoms with Crippen LogP contribution in [0.15, 0.2) is 40.3 Å². The zero-order chi connectivity index (χ0) is 16.8. The number of hydrogen-bond acceptors (Lipinski definition) is 5. The second kappa shape index (κ2) is 7.45. The van der Waals surface area contributed by atoms with Gasteiger partial charge < -0.3 is 10.5 Å². The first-order valence-corrected chi connectivity index (χ1v) is 6.81. The van der Waals surface area contributed by atoms with Crippen LogP contribution in [0.25, 0.3) is 0 Å². The van der Waals surface area contributed by atoms with Gasteiger partial charge in [0.1, 0.15) is 6.23 Å². The van der Waals surface area contributed by atoms with Gasteiger partial charge in [-0.1, -0.05) is 0 Å². The standard InChI is InChI=1S/C8H9FN2O3.C6H6N2O/c9-5-4-11(6-2-1-3-14-6)8(13)10-7(5)12;7-6(9)5-1-3-8-4-2-5/h4,6H,1-3H2,(H,10,12,13);1-4H,(H2,7,9)/t6-;/m0./s1. The van der Waals surface area contributed by atoms with Gasteiger partial charge in [0.25, 0.3) is 5.56 Å². The number of halogens is 1. The Hall–Kier alpha value is -2.81. The molecule has 1 aliphatic rings. The molecule has 0 saturated carbocycles. The first kappa shape index (κ1) is 16.6.